The maximum absolute atomic E-state index is 4.89. The van der Waals surface area contributed by atoms with Crippen molar-refractivity contribution in [3.63, 3.8) is 0 Å². The van der Waals surface area contributed by atoms with Gasteiger partial charge in [-0.15, -0.1) is 0 Å². The standard InChI is InChI=1S/C6H12N4.C6H12N2O6.CH4.H3N/c1-7-2-9-4-8(1)5-10(3-7)6-9;1-7-2-11-13-5-8(4-10-9-1)6-14-12-3-7;;/h1-6H2;1-6H2;1H4;1H3. The summed E-state index contributed by atoms with van der Waals surface area (Å²) in [4.78, 5) is 42.5. The molecule has 13 heteroatoms. The van der Waals surface area contributed by atoms with E-state index in [9.17, 15) is 0 Å². The van der Waals surface area contributed by atoms with Crippen LogP contribution in [0.4, 0.5) is 0 Å². The third kappa shape index (κ3) is 6.00. The molecule has 0 aromatic heterocycles. The summed E-state index contributed by atoms with van der Waals surface area (Å²) in [6, 6.07) is 0. The Balaban J connectivity index is 0.000000180. The summed E-state index contributed by atoms with van der Waals surface area (Å²) < 4.78 is 0. The van der Waals surface area contributed by atoms with Crippen LogP contribution in [0.2, 0.25) is 0 Å². The fourth-order valence-electron chi connectivity index (χ4n) is 3.13. The first-order valence-electron chi connectivity index (χ1n) is 7.92. The molecule has 0 unspecified atom stereocenters. The van der Waals surface area contributed by atoms with Gasteiger partial charge in [0.05, 0.1) is 40.0 Å². The summed E-state index contributed by atoms with van der Waals surface area (Å²) in [7, 11) is 0. The van der Waals surface area contributed by atoms with Crippen LogP contribution in [0.15, 0.2) is 0 Å². The van der Waals surface area contributed by atoms with Gasteiger partial charge >= 0.3 is 0 Å². The van der Waals surface area contributed by atoms with E-state index in [1.807, 2.05) is 0 Å². The van der Waals surface area contributed by atoms with Gasteiger partial charge in [0.15, 0.2) is 0 Å². The average molecular weight is 381 g/mol. The summed E-state index contributed by atoms with van der Waals surface area (Å²) in [6.45, 7) is 8.46. The first-order chi connectivity index (χ1) is 11.8. The third-order valence-corrected chi connectivity index (χ3v) is 4.06. The van der Waals surface area contributed by atoms with Gasteiger partial charge in [-0.05, 0) is 0 Å². The van der Waals surface area contributed by atoms with E-state index in [0.717, 1.165) is 0 Å². The van der Waals surface area contributed by atoms with E-state index >= 15 is 0 Å². The zero-order chi connectivity index (χ0) is 16.2. The Labute approximate surface area is 153 Å². The van der Waals surface area contributed by atoms with Crippen molar-refractivity contribution < 1.29 is 29.3 Å². The van der Waals surface area contributed by atoms with Crippen molar-refractivity contribution in [3.05, 3.63) is 0 Å². The van der Waals surface area contributed by atoms with Gasteiger partial charge in [0.25, 0.3) is 0 Å². The van der Waals surface area contributed by atoms with Crippen molar-refractivity contribution in [2.45, 2.75) is 7.43 Å². The smallest absolute Gasteiger partial charge is 0.139 e. The number of rotatable bonds is 0. The molecule has 13 nitrogen and oxygen atoms in total. The number of hydrogen-bond donors (Lipinski definition) is 1. The second-order valence-electron chi connectivity index (χ2n) is 6.36. The monoisotopic (exact) mass is 381 g/mol. The summed E-state index contributed by atoms with van der Waals surface area (Å²) in [5.74, 6) is 0. The van der Waals surface area contributed by atoms with E-state index in [2.05, 4.69) is 19.6 Å². The molecule has 0 amide bonds. The number of hydrogen-bond acceptors (Lipinski definition) is 13. The lowest BCUT2D eigenvalue weighted by atomic mass is 10.4. The minimum absolute atomic E-state index is 0. The first kappa shape index (κ1) is 21.8. The van der Waals surface area contributed by atoms with Gasteiger partial charge in [0.1, 0.15) is 40.4 Å². The summed E-state index contributed by atoms with van der Waals surface area (Å²) in [5, 5.41) is 0. The second-order valence-corrected chi connectivity index (χ2v) is 6.36. The zero-order valence-electron chi connectivity index (χ0n) is 14.3. The van der Waals surface area contributed by atoms with Crippen LogP contribution < -0.4 is 6.15 Å². The second kappa shape index (κ2) is 10.7. The third-order valence-electron chi connectivity index (χ3n) is 4.06. The van der Waals surface area contributed by atoms with E-state index in [-0.39, 0.29) is 54.0 Å². The molecule has 0 spiro atoms. The molecule has 154 valence electrons. The maximum Gasteiger partial charge on any atom is 0.139 e. The lowest BCUT2D eigenvalue weighted by molar-refractivity contribution is -0.445. The van der Waals surface area contributed by atoms with Crippen LogP contribution >= 0.6 is 0 Å². The lowest BCUT2D eigenvalue weighted by Gasteiger charge is -2.56. The quantitative estimate of drug-likeness (QED) is 0.518. The van der Waals surface area contributed by atoms with Gasteiger partial charge in [0, 0.05) is 0 Å². The van der Waals surface area contributed by atoms with Gasteiger partial charge in [0.2, 0.25) is 0 Å². The molecule has 0 atom stereocenters. The Bertz CT molecular complexity index is 306. The van der Waals surface area contributed by atoms with E-state index in [4.69, 9.17) is 29.3 Å². The highest BCUT2D eigenvalue weighted by atomic mass is 17.2. The summed E-state index contributed by atoms with van der Waals surface area (Å²) >= 11 is 0. The Morgan fingerprint density at radius 2 is 0.538 bits per heavy atom. The SMILES string of the molecule is C.C1N2CN3CN1CN(C2)C3.C1OOCN2COOCN1COOC2.N. The first-order valence-corrected chi connectivity index (χ1v) is 7.92. The average Bonchev–Trinajstić information content (AvgIpc) is 2.59. The van der Waals surface area contributed by atoms with Gasteiger partial charge in [-0.1, -0.05) is 7.43 Å². The van der Waals surface area contributed by atoms with Crippen LogP contribution in [0.5, 0.6) is 0 Å². The highest BCUT2D eigenvalue weighted by Crippen LogP contribution is 2.20. The lowest BCUT2D eigenvalue weighted by Crippen LogP contribution is -2.71. The topological polar surface area (TPSA) is 110 Å². The Morgan fingerprint density at radius 1 is 0.346 bits per heavy atom. The van der Waals surface area contributed by atoms with Crippen molar-refractivity contribution in [2.24, 2.45) is 0 Å². The minimum atomic E-state index is 0. The van der Waals surface area contributed by atoms with Gasteiger partial charge < -0.3 is 6.15 Å². The van der Waals surface area contributed by atoms with Crippen molar-refractivity contribution >= 4 is 0 Å². The molecular weight excluding hydrogens is 350 g/mol. The van der Waals surface area contributed by atoms with Crippen LogP contribution in [0, 0.1) is 0 Å². The molecule has 7 aliphatic rings. The molecule has 6 bridgehead atoms. The van der Waals surface area contributed by atoms with E-state index in [1.54, 1.807) is 9.80 Å². The van der Waals surface area contributed by atoms with Crippen molar-refractivity contribution in [1.82, 2.24) is 35.6 Å². The van der Waals surface area contributed by atoms with Crippen LogP contribution in [0.25, 0.3) is 0 Å². The molecular formula is C13H31N7O6. The van der Waals surface area contributed by atoms with E-state index in [1.165, 1.54) is 40.0 Å². The largest absolute Gasteiger partial charge is 0.344 e. The molecule has 3 N–H and O–H groups in total. The minimum Gasteiger partial charge on any atom is -0.344 e. The van der Waals surface area contributed by atoms with Crippen molar-refractivity contribution in [1.29, 1.82) is 0 Å². The fraction of sp³-hybridized carbons (Fsp3) is 1.00. The molecule has 26 heavy (non-hydrogen) atoms. The van der Waals surface area contributed by atoms with Gasteiger partial charge in [-0.25, -0.2) is 39.1 Å². The highest BCUT2D eigenvalue weighted by Gasteiger charge is 2.36. The molecule has 0 aromatic carbocycles. The molecule has 7 aliphatic heterocycles. The van der Waals surface area contributed by atoms with Gasteiger partial charge in [-0.3, -0.25) is 19.6 Å². The van der Waals surface area contributed by atoms with E-state index in [0.29, 0.717) is 0 Å². The van der Waals surface area contributed by atoms with Crippen LogP contribution in [-0.2, 0) is 29.3 Å². The number of fused-ring (bicyclic) bond motifs is 9. The zero-order valence-corrected chi connectivity index (χ0v) is 14.3. The van der Waals surface area contributed by atoms with E-state index < -0.39 is 0 Å². The fourth-order valence-corrected chi connectivity index (χ4v) is 3.13. The Kier molecular flexibility index (Phi) is 8.98. The Morgan fingerprint density at radius 3 is 0.731 bits per heavy atom. The molecule has 7 saturated heterocycles. The van der Waals surface area contributed by atoms with Crippen LogP contribution in [0.1, 0.15) is 7.43 Å². The summed E-state index contributed by atoms with van der Waals surface area (Å²) in [6.07, 6.45) is 0. The maximum atomic E-state index is 4.89. The number of nitrogens with zero attached hydrogens (tertiary/aromatic N) is 6. The summed E-state index contributed by atoms with van der Waals surface area (Å²) in [5.41, 5.74) is 0. The molecule has 7 fully saturated rings. The van der Waals surface area contributed by atoms with Crippen molar-refractivity contribution in [2.75, 3.05) is 80.4 Å². The molecule has 7 heterocycles. The Hall–Kier alpha value is -0.520. The normalized spacial score (nSPS) is 41.5. The molecule has 7 rings (SSSR count). The molecule has 0 radical (unpaired) electrons. The highest BCUT2D eigenvalue weighted by molar-refractivity contribution is 4.79. The van der Waals surface area contributed by atoms with Crippen molar-refractivity contribution in [3.8, 4) is 0 Å². The molecule has 0 saturated carbocycles. The predicted octanol–water partition coefficient (Wildman–Crippen LogP) is -1.01. The molecule has 0 aromatic rings. The van der Waals surface area contributed by atoms with Gasteiger partial charge in [-0.2, -0.15) is 0 Å². The van der Waals surface area contributed by atoms with Crippen LogP contribution in [0.3, 0.4) is 0 Å². The predicted molar refractivity (Wildman–Crippen MR) is 87.7 cm³/mol. The molecule has 0 aliphatic carbocycles. The van der Waals surface area contributed by atoms with Crippen LogP contribution in [-0.4, -0.2) is 110 Å².